The van der Waals surface area contributed by atoms with Gasteiger partial charge in [-0.25, -0.2) is 0 Å². The molecule has 0 radical (unpaired) electrons. The highest BCUT2D eigenvalue weighted by molar-refractivity contribution is 6.22. The average molecular weight is 685 g/mol. The minimum Gasteiger partial charge on any atom is -0.0622 e. The number of fused-ring (bicyclic) bond motifs is 3. The molecule has 10 rings (SSSR count). The Hall–Kier alpha value is -7.02. The summed E-state index contributed by atoms with van der Waals surface area (Å²) < 4.78 is 0. The molecule has 0 atom stereocenters. The average Bonchev–Trinajstić information content (AvgIpc) is 3.25. The maximum Gasteiger partial charge on any atom is -0.00259 e. The standard InChI is InChI=1S/C54H36/c1-5-17-37(18-6-1)43-29-44(38-19-7-2-8-20-38)32-47(31-43)53-49-27-15-13-25-41(49)36-52-51(53)35-42-26-14-16-28-50(42)54(52)48-33-45(39-21-9-3-10-22-39)30-46(34-48)40-23-11-4-12-24-40/h1-36H. The van der Waals surface area contributed by atoms with Crippen LogP contribution in [0.3, 0.4) is 0 Å². The predicted octanol–water partition coefficient (Wildman–Crippen LogP) is 15.1. The molecule has 0 nitrogen and oxygen atoms in total. The van der Waals surface area contributed by atoms with Crippen LogP contribution in [-0.4, -0.2) is 0 Å². The number of benzene rings is 10. The van der Waals surface area contributed by atoms with Gasteiger partial charge in [0.25, 0.3) is 0 Å². The van der Waals surface area contributed by atoms with Gasteiger partial charge in [0.2, 0.25) is 0 Å². The van der Waals surface area contributed by atoms with Crippen LogP contribution in [0.25, 0.3) is 99.1 Å². The van der Waals surface area contributed by atoms with Crippen LogP contribution in [0.15, 0.2) is 218 Å². The Morgan fingerprint density at radius 2 is 0.426 bits per heavy atom. The van der Waals surface area contributed by atoms with E-state index in [1.807, 2.05) is 0 Å². The van der Waals surface area contributed by atoms with Crippen molar-refractivity contribution in [1.82, 2.24) is 0 Å². The molecule has 252 valence electrons. The van der Waals surface area contributed by atoms with Crippen LogP contribution >= 0.6 is 0 Å². The molecule has 0 aliphatic carbocycles. The molecule has 0 unspecified atom stereocenters. The van der Waals surface area contributed by atoms with E-state index < -0.39 is 0 Å². The lowest BCUT2D eigenvalue weighted by molar-refractivity contribution is 1.58. The zero-order valence-corrected chi connectivity index (χ0v) is 29.8. The first-order valence-corrected chi connectivity index (χ1v) is 18.7. The molecule has 0 N–H and O–H groups in total. The molecule has 0 aromatic heterocycles. The topological polar surface area (TPSA) is 0 Å². The summed E-state index contributed by atoms with van der Waals surface area (Å²) in [4.78, 5) is 0. The molecule has 10 aromatic carbocycles. The summed E-state index contributed by atoms with van der Waals surface area (Å²) in [7, 11) is 0. The fourth-order valence-corrected chi connectivity index (χ4v) is 8.23. The van der Waals surface area contributed by atoms with Crippen LogP contribution in [0, 0.1) is 0 Å². The minimum atomic E-state index is 1.21. The molecule has 0 spiro atoms. The van der Waals surface area contributed by atoms with Gasteiger partial charge in [-0.3, -0.25) is 0 Å². The lowest BCUT2D eigenvalue weighted by Gasteiger charge is -2.20. The lowest BCUT2D eigenvalue weighted by atomic mass is 9.83. The highest BCUT2D eigenvalue weighted by Crippen LogP contribution is 2.46. The second kappa shape index (κ2) is 13.5. The Morgan fingerprint density at radius 3 is 0.741 bits per heavy atom. The van der Waals surface area contributed by atoms with Crippen molar-refractivity contribution in [3.05, 3.63) is 218 Å². The predicted molar refractivity (Wildman–Crippen MR) is 232 cm³/mol. The van der Waals surface area contributed by atoms with Gasteiger partial charge in [0.05, 0.1) is 0 Å². The number of hydrogen-bond donors (Lipinski definition) is 0. The molecule has 10 aromatic rings. The molecule has 0 saturated heterocycles. The second-order valence-corrected chi connectivity index (χ2v) is 14.1. The van der Waals surface area contributed by atoms with Gasteiger partial charge in [0.15, 0.2) is 0 Å². The summed E-state index contributed by atoms with van der Waals surface area (Å²) in [5, 5.41) is 7.45. The molecule has 54 heavy (non-hydrogen) atoms. The summed E-state index contributed by atoms with van der Waals surface area (Å²) in [6.07, 6.45) is 0. The van der Waals surface area contributed by atoms with E-state index in [2.05, 4.69) is 218 Å². The van der Waals surface area contributed by atoms with Crippen molar-refractivity contribution in [2.75, 3.05) is 0 Å². The van der Waals surface area contributed by atoms with Crippen LogP contribution < -0.4 is 0 Å². The zero-order valence-electron chi connectivity index (χ0n) is 29.8. The Balaban J connectivity index is 1.33. The van der Waals surface area contributed by atoms with Gasteiger partial charge >= 0.3 is 0 Å². The van der Waals surface area contributed by atoms with E-state index in [1.54, 1.807) is 0 Å². The van der Waals surface area contributed by atoms with Gasteiger partial charge in [0.1, 0.15) is 0 Å². The third kappa shape index (κ3) is 5.75. The largest absolute Gasteiger partial charge is 0.0622 e. The smallest absolute Gasteiger partial charge is 0.00259 e. The fourth-order valence-electron chi connectivity index (χ4n) is 8.23. The Labute approximate surface area is 316 Å². The van der Waals surface area contributed by atoms with Gasteiger partial charge < -0.3 is 0 Å². The molecule has 0 aliphatic heterocycles. The molecule has 0 aliphatic rings. The van der Waals surface area contributed by atoms with E-state index in [1.165, 1.54) is 99.1 Å². The highest BCUT2D eigenvalue weighted by atomic mass is 14.2. The van der Waals surface area contributed by atoms with Crippen LogP contribution in [0.2, 0.25) is 0 Å². The van der Waals surface area contributed by atoms with E-state index in [9.17, 15) is 0 Å². The van der Waals surface area contributed by atoms with E-state index in [-0.39, 0.29) is 0 Å². The monoisotopic (exact) mass is 684 g/mol. The van der Waals surface area contributed by atoms with Crippen molar-refractivity contribution in [2.24, 2.45) is 0 Å². The third-order valence-electron chi connectivity index (χ3n) is 10.8. The van der Waals surface area contributed by atoms with Crippen molar-refractivity contribution in [3.8, 4) is 66.8 Å². The lowest BCUT2D eigenvalue weighted by Crippen LogP contribution is -1.93. The molecular formula is C54H36. The first-order chi connectivity index (χ1) is 26.8. The van der Waals surface area contributed by atoms with Crippen LogP contribution in [0.4, 0.5) is 0 Å². The van der Waals surface area contributed by atoms with Crippen molar-refractivity contribution in [2.45, 2.75) is 0 Å². The molecule has 0 amide bonds. The normalized spacial score (nSPS) is 11.3. The maximum atomic E-state index is 2.42. The first kappa shape index (κ1) is 31.7. The van der Waals surface area contributed by atoms with Crippen molar-refractivity contribution in [1.29, 1.82) is 0 Å². The summed E-state index contributed by atoms with van der Waals surface area (Å²) >= 11 is 0. The Kier molecular flexibility index (Phi) is 7.93. The molecular weight excluding hydrogens is 649 g/mol. The third-order valence-corrected chi connectivity index (χ3v) is 10.8. The zero-order chi connectivity index (χ0) is 35.8. The van der Waals surface area contributed by atoms with Crippen molar-refractivity contribution < 1.29 is 0 Å². The van der Waals surface area contributed by atoms with Crippen LogP contribution in [0.5, 0.6) is 0 Å². The van der Waals surface area contributed by atoms with Gasteiger partial charge in [-0.05, 0) is 148 Å². The fraction of sp³-hybridized carbons (Fsp3) is 0. The second-order valence-electron chi connectivity index (χ2n) is 14.1. The van der Waals surface area contributed by atoms with E-state index >= 15 is 0 Å². The van der Waals surface area contributed by atoms with Crippen LogP contribution in [-0.2, 0) is 0 Å². The Morgan fingerprint density at radius 1 is 0.167 bits per heavy atom. The van der Waals surface area contributed by atoms with E-state index in [4.69, 9.17) is 0 Å². The molecule has 0 bridgehead atoms. The van der Waals surface area contributed by atoms with Crippen LogP contribution in [0.1, 0.15) is 0 Å². The Bertz CT molecular complexity index is 2620. The van der Waals surface area contributed by atoms with Gasteiger partial charge in [-0.15, -0.1) is 0 Å². The van der Waals surface area contributed by atoms with Crippen molar-refractivity contribution >= 4 is 32.3 Å². The summed E-state index contributed by atoms with van der Waals surface area (Å²) in [6, 6.07) is 80.0. The molecule has 0 heterocycles. The minimum absolute atomic E-state index is 1.21. The quantitative estimate of drug-likeness (QED) is 0.153. The van der Waals surface area contributed by atoms with Gasteiger partial charge in [-0.2, -0.15) is 0 Å². The molecule has 0 saturated carbocycles. The summed E-state index contributed by atoms with van der Waals surface area (Å²) in [5.74, 6) is 0. The molecule has 0 heteroatoms. The first-order valence-electron chi connectivity index (χ1n) is 18.7. The number of hydrogen-bond acceptors (Lipinski definition) is 0. The molecule has 0 fully saturated rings. The summed E-state index contributed by atoms with van der Waals surface area (Å²) in [5.41, 5.74) is 14.6. The highest BCUT2D eigenvalue weighted by Gasteiger charge is 2.19. The van der Waals surface area contributed by atoms with Gasteiger partial charge in [-0.1, -0.05) is 170 Å². The van der Waals surface area contributed by atoms with Crippen molar-refractivity contribution in [3.63, 3.8) is 0 Å². The number of rotatable bonds is 6. The maximum absolute atomic E-state index is 2.42. The SMILES string of the molecule is c1ccc(-c2cc(-c3ccccc3)cc(-c3c4ccccc4cc4c(-c5cc(-c6ccccc6)cc(-c6ccccc6)c5)c5ccccc5cc34)c2)cc1. The van der Waals surface area contributed by atoms with E-state index in [0.29, 0.717) is 0 Å². The summed E-state index contributed by atoms with van der Waals surface area (Å²) in [6.45, 7) is 0. The van der Waals surface area contributed by atoms with E-state index in [0.717, 1.165) is 0 Å². The van der Waals surface area contributed by atoms with Gasteiger partial charge in [0, 0.05) is 0 Å².